The molecule has 0 aliphatic carbocycles. The lowest BCUT2D eigenvalue weighted by molar-refractivity contribution is -0.139. The van der Waals surface area contributed by atoms with Crippen LogP contribution in [0.25, 0.3) is 0 Å². The number of hydrogen-bond acceptors (Lipinski definition) is 5. The van der Waals surface area contributed by atoms with E-state index >= 15 is 0 Å². The van der Waals surface area contributed by atoms with Gasteiger partial charge in [0.25, 0.3) is 5.91 Å². The van der Waals surface area contributed by atoms with Crippen molar-refractivity contribution < 1.29 is 19.1 Å². The molecular weight excluding hydrogens is 314 g/mol. The SMILES string of the molecule is COC(=O)Cc1ccccc1C(=O)N1CCS[C@@H]2COCC[C@H]21. The van der Waals surface area contributed by atoms with Gasteiger partial charge in [0.1, 0.15) is 0 Å². The molecule has 0 N–H and O–H groups in total. The maximum absolute atomic E-state index is 13.1. The van der Waals surface area contributed by atoms with Gasteiger partial charge in [0.15, 0.2) is 0 Å². The molecule has 2 aliphatic rings. The monoisotopic (exact) mass is 335 g/mol. The van der Waals surface area contributed by atoms with Crippen LogP contribution in [0.3, 0.4) is 0 Å². The Labute approximate surface area is 140 Å². The van der Waals surface area contributed by atoms with Gasteiger partial charge in [-0.05, 0) is 18.1 Å². The molecule has 1 amide bonds. The summed E-state index contributed by atoms with van der Waals surface area (Å²) >= 11 is 1.89. The van der Waals surface area contributed by atoms with Gasteiger partial charge in [-0.2, -0.15) is 11.8 Å². The van der Waals surface area contributed by atoms with E-state index in [4.69, 9.17) is 9.47 Å². The summed E-state index contributed by atoms with van der Waals surface area (Å²) in [5, 5.41) is 0.356. The highest BCUT2D eigenvalue weighted by Gasteiger charge is 2.37. The smallest absolute Gasteiger partial charge is 0.310 e. The number of rotatable bonds is 3. The van der Waals surface area contributed by atoms with Crippen LogP contribution in [0.2, 0.25) is 0 Å². The Kier molecular flexibility index (Phi) is 5.23. The number of amides is 1. The van der Waals surface area contributed by atoms with Gasteiger partial charge in [-0.15, -0.1) is 0 Å². The lowest BCUT2D eigenvalue weighted by Crippen LogP contribution is -2.54. The summed E-state index contributed by atoms with van der Waals surface area (Å²) in [4.78, 5) is 26.6. The van der Waals surface area contributed by atoms with Crippen LogP contribution in [0.4, 0.5) is 0 Å². The number of ether oxygens (including phenoxy) is 2. The molecule has 2 aliphatic heterocycles. The first kappa shape index (κ1) is 16.3. The molecule has 0 spiro atoms. The maximum Gasteiger partial charge on any atom is 0.310 e. The Morgan fingerprint density at radius 3 is 3.04 bits per heavy atom. The highest BCUT2D eigenvalue weighted by Crippen LogP contribution is 2.31. The quantitative estimate of drug-likeness (QED) is 0.788. The third-order valence-electron chi connectivity index (χ3n) is 4.40. The highest BCUT2D eigenvalue weighted by atomic mass is 32.2. The van der Waals surface area contributed by atoms with E-state index in [2.05, 4.69) is 0 Å². The fraction of sp³-hybridized carbons (Fsp3) is 0.529. The summed E-state index contributed by atoms with van der Waals surface area (Å²) in [5.41, 5.74) is 1.33. The van der Waals surface area contributed by atoms with Gasteiger partial charge in [0.2, 0.25) is 0 Å². The number of esters is 1. The van der Waals surface area contributed by atoms with E-state index in [0.717, 1.165) is 24.3 Å². The third kappa shape index (κ3) is 3.53. The molecule has 5 nitrogen and oxygen atoms in total. The standard InChI is InChI=1S/C17H21NO4S/c1-21-16(19)10-12-4-2-3-5-13(12)17(20)18-7-9-23-15-11-22-8-6-14(15)18/h2-5,14-15H,6-11H2,1H3/t14-,15-/m1/s1. The number of fused-ring (bicyclic) bond motifs is 1. The largest absolute Gasteiger partial charge is 0.469 e. The van der Waals surface area contributed by atoms with Gasteiger partial charge in [0, 0.05) is 35.8 Å². The maximum atomic E-state index is 13.1. The first-order valence-electron chi connectivity index (χ1n) is 7.85. The Balaban J connectivity index is 1.83. The number of benzene rings is 1. The molecule has 3 rings (SSSR count). The topological polar surface area (TPSA) is 55.8 Å². The zero-order valence-corrected chi connectivity index (χ0v) is 14.0. The molecule has 0 bridgehead atoms. The number of carbonyl (C=O) groups excluding carboxylic acids is 2. The molecule has 2 saturated heterocycles. The minimum atomic E-state index is -0.330. The molecule has 0 radical (unpaired) electrons. The molecule has 2 atom stereocenters. The van der Waals surface area contributed by atoms with Crippen LogP contribution in [-0.2, 0) is 20.7 Å². The lowest BCUT2D eigenvalue weighted by Gasteiger charge is -2.43. The van der Waals surface area contributed by atoms with Gasteiger partial charge in [-0.1, -0.05) is 18.2 Å². The molecular formula is C17H21NO4S. The van der Waals surface area contributed by atoms with E-state index in [-0.39, 0.29) is 24.3 Å². The average molecular weight is 335 g/mol. The Bertz CT molecular complexity index is 590. The molecule has 0 aromatic heterocycles. The van der Waals surface area contributed by atoms with Crippen LogP contribution in [0.5, 0.6) is 0 Å². The lowest BCUT2D eigenvalue weighted by atomic mass is 10.0. The molecule has 0 unspecified atom stereocenters. The summed E-state index contributed by atoms with van der Waals surface area (Å²) in [7, 11) is 1.36. The van der Waals surface area contributed by atoms with Crippen molar-refractivity contribution in [3.05, 3.63) is 35.4 Å². The van der Waals surface area contributed by atoms with E-state index in [1.165, 1.54) is 7.11 Å². The van der Waals surface area contributed by atoms with Gasteiger partial charge < -0.3 is 14.4 Å². The molecule has 6 heteroatoms. The zero-order valence-electron chi connectivity index (χ0n) is 13.2. The van der Waals surface area contributed by atoms with Crippen molar-refractivity contribution in [3.63, 3.8) is 0 Å². The molecule has 1 aromatic carbocycles. The van der Waals surface area contributed by atoms with Crippen molar-refractivity contribution in [2.24, 2.45) is 0 Å². The van der Waals surface area contributed by atoms with Crippen molar-refractivity contribution in [3.8, 4) is 0 Å². The van der Waals surface area contributed by atoms with E-state index in [9.17, 15) is 9.59 Å². The second-order valence-electron chi connectivity index (χ2n) is 5.75. The zero-order chi connectivity index (χ0) is 16.2. The second kappa shape index (κ2) is 7.36. The van der Waals surface area contributed by atoms with Crippen molar-refractivity contribution in [1.82, 2.24) is 4.90 Å². The summed E-state index contributed by atoms with van der Waals surface area (Å²) < 4.78 is 10.3. The summed E-state index contributed by atoms with van der Waals surface area (Å²) in [5.74, 6) is 0.611. The summed E-state index contributed by atoms with van der Waals surface area (Å²) in [6, 6.07) is 7.54. The van der Waals surface area contributed by atoms with Crippen molar-refractivity contribution >= 4 is 23.6 Å². The Hall–Kier alpha value is -1.53. The number of carbonyl (C=O) groups is 2. The fourth-order valence-corrected chi connectivity index (χ4v) is 4.50. The first-order valence-corrected chi connectivity index (χ1v) is 8.90. The summed E-state index contributed by atoms with van der Waals surface area (Å²) in [6.45, 7) is 2.16. The minimum absolute atomic E-state index is 0.0155. The highest BCUT2D eigenvalue weighted by molar-refractivity contribution is 8.00. The normalized spacial score (nSPS) is 24.0. The van der Waals surface area contributed by atoms with Crippen molar-refractivity contribution in [2.75, 3.05) is 32.6 Å². The van der Waals surface area contributed by atoms with E-state index in [0.29, 0.717) is 24.0 Å². The number of nitrogens with zero attached hydrogens (tertiary/aromatic N) is 1. The van der Waals surface area contributed by atoms with Gasteiger partial charge in [-0.3, -0.25) is 9.59 Å². The van der Waals surface area contributed by atoms with Crippen LogP contribution in [-0.4, -0.2) is 60.7 Å². The first-order chi connectivity index (χ1) is 11.2. The van der Waals surface area contributed by atoms with E-state index in [1.54, 1.807) is 6.07 Å². The van der Waals surface area contributed by atoms with Crippen LogP contribution < -0.4 is 0 Å². The fourth-order valence-electron chi connectivity index (χ4n) is 3.20. The van der Waals surface area contributed by atoms with E-state index in [1.807, 2.05) is 34.9 Å². The van der Waals surface area contributed by atoms with Crippen molar-refractivity contribution in [1.29, 1.82) is 0 Å². The van der Waals surface area contributed by atoms with Crippen LogP contribution in [0, 0.1) is 0 Å². The Morgan fingerprint density at radius 2 is 2.22 bits per heavy atom. The van der Waals surface area contributed by atoms with Crippen LogP contribution in [0.1, 0.15) is 22.3 Å². The van der Waals surface area contributed by atoms with Gasteiger partial charge >= 0.3 is 5.97 Å². The number of thioether (sulfide) groups is 1. The molecule has 2 fully saturated rings. The minimum Gasteiger partial charge on any atom is -0.469 e. The number of hydrogen-bond donors (Lipinski definition) is 0. The molecule has 2 heterocycles. The van der Waals surface area contributed by atoms with Crippen LogP contribution >= 0.6 is 11.8 Å². The summed E-state index contributed by atoms with van der Waals surface area (Å²) in [6.07, 6.45) is 1.00. The van der Waals surface area contributed by atoms with Gasteiger partial charge in [0.05, 0.1) is 20.1 Å². The molecule has 0 saturated carbocycles. The second-order valence-corrected chi connectivity index (χ2v) is 7.10. The Morgan fingerprint density at radius 1 is 1.39 bits per heavy atom. The predicted molar refractivity (Wildman–Crippen MR) is 88.7 cm³/mol. The third-order valence-corrected chi connectivity index (χ3v) is 5.70. The number of methoxy groups -OCH3 is 1. The molecule has 1 aromatic rings. The van der Waals surface area contributed by atoms with Crippen LogP contribution in [0.15, 0.2) is 24.3 Å². The van der Waals surface area contributed by atoms with Gasteiger partial charge in [-0.25, -0.2) is 0 Å². The molecule has 23 heavy (non-hydrogen) atoms. The van der Waals surface area contributed by atoms with Crippen molar-refractivity contribution in [2.45, 2.75) is 24.1 Å². The molecule has 124 valence electrons. The van der Waals surface area contributed by atoms with E-state index < -0.39 is 0 Å². The predicted octanol–water partition coefficient (Wildman–Crippen LogP) is 1.75. The average Bonchev–Trinajstić information content (AvgIpc) is 2.61.